The minimum Gasteiger partial charge on any atom is -0.374 e. The molecule has 1 unspecified atom stereocenters. The van der Waals surface area contributed by atoms with Crippen molar-refractivity contribution >= 4 is 5.69 Å². The summed E-state index contributed by atoms with van der Waals surface area (Å²) >= 11 is 0. The van der Waals surface area contributed by atoms with Gasteiger partial charge in [-0.2, -0.15) is 5.10 Å². The zero-order valence-corrected chi connectivity index (χ0v) is 14.4. The Balaban J connectivity index is 1.37. The molecule has 25 heavy (non-hydrogen) atoms. The van der Waals surface area contributed by atoms with Gasteiger partial charge in [-0.1, -0.05) is 18.2 Å². The summed E-state index contributed by atoms with van der Waals surface area (Å²) in [5.41, 5.74) is 6.11. The lowest BCUT2D eigenvalue weighted by molar-refractivity contribution is 0.460. The second-order valence-electron chi connectivity index (χ2n) is 6.72. The summed E-state index contributed by atoms with van der Waals surface area (Å²) in [6.07, 6.45) is 6.69. The molecule has 0 aliphatic carbocycles. The average Bonchev–Trinajstić information content (AvgIpc) is 3.11. The molecule has 128 valence electrons. The van der Waals surface area contributed by atoms with Crippen molar-refractivity contribution in [3.8, 4) is 11.3 Å². The molecule has 0 saturated heterocycles. The number of rotatable bonds is 5. The molecule has 2 N–H and O–H groups in total. The Labute approximate surface area is 148 Å². The number of benzene rings is 1. The largest absolute Gasteiger partial charge is 0.374 e. The number of nitrogens with one attached hydrogen (secondary N) is 2. The van der Waals surface area contributed by atoms with E-state index in [4.69, 9.17) is 0 Å². The fourth-order valence-corrected chi connectivity index (χ4v) is 3.67. The maximum Gasteiger partial charge on any atom is 0.0710 e. The van der Waals surface area contributed by atoms with Crippen LogP contribution >= 0.6 is 0 Å². The smallest absolute Gasteiger partial charge is 0.0710 e. The van der Waals surface area contributed by atoms with Gasteiger partial charge in [0.15, 0.2) is 0 Å². The first-order chi connectivity index (χ1) is 12.3. The number of H-pyrrole nitrogens is 1. The van der Waals surface area contributed by atoms with E-state index in [1.165, 1.54) is 16.8 Å². The van der Waals surface area contributed by atoms with E-state index in [0.717, 1.165) is 37.3 Å². The van der Waals surface area contributed by atoms with Crippen molar-refractivity contribution in [2.75, 3.05) is 25.0 Å². The molecule has 1 atom stereocenters. The second-order valence-corrected chi connectivity index (χ2v) is 6.72. The molecule has 2 aromatic heterocycles. The molecule has 0 amide bonds. The summed E-state index contributed by atoms with van der Waals surface area (Å²) in [6.45, 7) is 2.89. The molecule has 4 rings (SSSR count). The van der Waals surface area contributed by atoms with Gasteiger partial charge < -0.3 is 10.2 Å². The minimum absolute atomic E-state index is 0.619. The summed E-state index contributed by atoms with van der Waals surface area (Å²) in [6, 6.07) is 12.7. The van der Waals surface area contributed by atoms with Gasteiger partial charge in [-0.15, -0.1) is 0 Å². The number of aromatic amines is 1. The van der Waals surface area contributed by atoms with Crippen LogP contribution in [-0.2, 0) is 13.0 Å². The third-order valence-corrected chi connectivity index (χ3v) is 4.86. The quantitative estimate of drug-likeness (QED) is 0.754. The van der Waals surface area contributed by atoms with E-state index in [9.17, 15) is 0 Å². The van der Waals surface area contributed by atoms with Crippen LogP contribution in [0.2, 0.25) is 0 Å². The Bertz CT molecular complexity index is 827. The number of nitrogens with zero attached hydrogens (tertiary/aromatic N) is 3. The zero-order valence-electron chi connectivity index (χ0n) is 14.4. The highest BCUT2D eigenvalue weighted by molar-refractivity contribution is 5.61. The van der Waals surface area contributed by atoms with Crippen molar-refractivity contribution in [3.05, 3.63) is 66.1 Å². The first kappa shape index (κ1) is 15.8. The summed E-state index contributed by atoms with van der Waals surface area (Å²) in [5, 5.41) is 10.9. The summed E-state index contributed by atoms with van der Waals surface area (Å²) in [5.74, 6) is 0.619. The Hall–Kier alpha value is -2.66. The number of fused-ring (bicyclic) bond motifs is 1. The fourth-order valence-electron chi connectivity index (χ4n) is 3.67. The molecule has 3 heterocycles. The second kappa shape index (κ2) is 7.07. The highest BCUT2D eigenvalue weighted by Crippen LogP contribution is 2.28. The van der Waals surface area contributed by atoms with Gasteiger partial charge in [0, 0.05) is 55.9 Å². The van der Waals surface area contributed by atoms with E-state index in [2.05, 4.69) is 62.8 Å². The normalized spacial score (nSPS) is 16.7. The van der Waals surface area contributed by atoms with E-state index >= 15 is 0 Å². The maximum atomic E-state index is 4.20. The van der Waals surface area contributed by atoms with E-state index < -0.39 is 0 Å². The fraction of sp³-hybridized carbons (Fsp3) is 0.300. The molecule has 1 aliphatic heterocycles. The lowest BCUT2D eigenvalue weighted by atomic mass is 9.93. The van der Waals surface area contributed by atoms with Gasteiger partial charge in [-0.05, 0) is 36.1 Å². The number of aromatic nitrogens is 3. The van der Waals surface area contributed by atoms with Crippen molar-refractivity contribution < 1.29 is 0 Å². The summed E-state index contributed by atoms with van der Waals surface area (Å²) in [7, 11) is 2.18. The highest BCUT2D eigenvalue weighted by atomic mass is 15.1. The summed E-state index contributed by atoms with van der Waals surface area (Å²) < 4.78 is 0. The molecule has 1 aromatic carbocycles. The maximum absolute atomic E-state index is 4.20. The topological polar surface area (TPSA) is 56.8 Å². The minimum atomic E-state index is 0.619. The predicted molar refractivity (Wildman–Crippen MR) is 100 cm³/mol. The van der Waals surface area contributed by atoms with Crippen LogP contribution in [0.15, 0.2) is 55.0 Å². The van der Waals surface area contributed by atoms with Gasteiger partial charge in [0.25, 0.3) is 0 Å². The third kappa shape index (κ3) is 3.42. The third-order valence-electron chi connectivity index (χ3n) is 4.86. The highest BCUT2D eigenvalue weighted by Gasteiger charge is 2.21. The molecule has 5 heteroatoms. The standard InChI is InChI=1S/C20H23N5/c1-25-14-15(9-16-5-2-3-7-19(16)25)10-22-12-18-13-23-24-20(18)17-6-4-8-21-11-17/h2-8,11,13,15,22H,9-10,12,14H2,1H3,(H,23,24). The first-order valence-electron chi connectivity index (χ1n) is 8.73. The van der Waals surface area contributed by atoms with Crippen LogP contribution in [0.4, 0.5) is 5.69 Å². The van der Waals surface area contributed by atoms with Gasteiger partial charge in [0.05, 0.1) is 11.9 Å². The SMILES string of the molecule is CN1CC(CNCc2cn[nH]c2-c2cccnc2)Cc2ccccc21. The molecule has 1 aliphatic rings. The molecule has 0 bridgehead atoms. The molecule has 0 spiro atoms. The summed E-state index contributed by atoms with van der Waals surface area (Å²) in [4.78, 5) is 6.56. The van der Waals surface area contributed by atoms with Crippen LogP contribution in [0.5, 0.6) is 0 Å². The van der Waals surface area contributed by atoms with Crippen LogP contribution in [-0.4, -0.2) is 35.3 Å². The number of hydrogen-bond donors (Lipinski definition) is 2. The van der Waals surface area contributed by atoms with Gasteiger partial charge in [-0.25, -0.2) is 0 Å². The Kier molecular flexibility index (Phi) is 4.48. The van der Waals surface area contributed by atoms with Crippen molar-refractivity contribution in [2.45, 2.75) is 13.0 Å². The van der Waals surface area contributed by atoms with Crippen LogP contribution < -0.4 is 10.2 Å². The Morgan fingerprint density at radius 2 is 2.12 bits per heavy atom. The number of anilines is 1. The average molecular weight is 333 g/mol. The molecule has 0 radical (unpaired) electrons. The number of para-hydroxylation sites is 1. The predicted octanol–water partition coefficient (Wildman–Crippen LogP) is 2.87. The van der Waals surface area contributed by atoms with E-state index in [0.29, 0.717) is 5.92 Å². The van der Waals surface area contributed by atoms with Gasteiger partial charge in [0.2, 0.25) is 0 Å². The molecule has 0 fully saturated rings. The number of hydrogen-bond acceptors (Lipinski definition) is 4. The lowest BCUT2D eigenvalue weighted by Gasteiger charge is -2.33. The van der Waals surface area contributed by atoms with E-state index in [1.54, 1.807) is 6.20 Å². The van der Waals surface area contributed by atoms with Crippen molar-refractivity contribution in [1.29, 1.82) is 0 Å². The van der Waals surface area contributed by atoms with Crippen LogP contribution in [0.3, 0.4) is 0 Å². The van der Waals surface area contributed by atoms with Crippen molar-refractivity contribution in [1.82, 2.24) is 20.5 Å². The zero-order chi connectivity index (χ0) is 17.1. The first-order valence-corrected chi connectivity index (χ1v) is 8.73. The van der Waals surface area contributed by atoms with E-state index in [-0.39, 0.29) is 0 Å². The van der Waals surface area contributed by atoms with Crippen LogP contribution in [0.1, 0.15) is 11.1 Å². The number of pyridine rings is 1. The van der Waals surface area contributed by atoms with E-state index in [1.807, 2.05) is 18.5 Å². The van der Waals surface area contributed by atoms with Gasteiger partial charge in [-0.3, -0.25) is 10.1 Å². The lowest BCUT2D eigenvalue weighted by Crippen LogP contribution is -2.37. The van der Waals surface area contributed by atoms with Crippen LogP contribution in [0.25, 0.3) is 11.3 Å². The van der Waals surface area contributed by atoms with Crippen LogP contribution in [0, 0.1) is 5.92 Å². The molecule has 5 nitrogen and oxygen atoms in total. The molecular formula is C20H23N5. The molecule has 0 saturated carbocycles. The molecule has 3 aromatic rings. The Morgan fingerprint density at radius 3 is 3.00 bits per heavy atom. The van der Waals surface area contributed by atoms with Crippen molar-refractivity contribution in [2.24, 2.45) is 5.92 Å². The van der Waals surface area contributed by atoms with Gasteiger partial charge >= 0.3 is 0 Å². The monoisotopic (exact) mass is 333 g/mol. The van der Waals surface area contributed by atoms with Gasteiger partial charge in [0.1, 0.15) is 0 Å². The Morgan fingerprint density at radius 1 is 1.20 bits per heavy atom. The van der Waals surface area contributed by atoms with Crippen molar-refractivity contribution in [3.63, 3.8) is 0 Å². The molecular weight excluding hydrogens is 310 g/mol.